The lowest BCUT2D eigenvalue weighted by Crippen LogP contribution is -2.60. The fourth-order valence-corrected chi connectivity index (χ4v) is 7.74. The maximum absolute atomic E-state index is 13.0. The molecule has 0 aromatic heterocycles. The number of ether oxygens (including phenoxy) is 2. The number of hydrogen-bond donors (Lipinski definition) is 6. The minimum atomic E-state index is -1.55. The highest BCUT2D eigenvalue weighted by Gasteiger charge is 2.44. The lowest BCUT2D eigenvalue weighted by atomic mass is 9.99. The van der Waals surface area contributed by atoms with Gasteiger partial charge in [-0.3, -0.25) is 4.79 Å². The van der Waals surface area contributed by atoms with Crippen LogP contribution in [0.15, 0.2) is 12.2 Å². The Morgan fingerprint density at radius 2 is 1.00 bits per heavy atom. The van der Waals surface area contributed by atoms with Crippen LogP contribution in [0.4, 0.5) is 0 Å². The quantitative estimate of drug-likeness (QED) is 0.0265. The number of amides is 1. The van der Waals surface area contributed by atoms with Crippen molar-refractivity contribution in [2.45, 2.75) is 269 Å². The molecule has 1 amide bonds. The van der Waals surface area contributed by atoms with Crippen LogP contribution >= 0.6 is 0 Å². The first-order chi connectivity index (χ1) is 27.3. The fraction of sp³-hybridized carbons (Fsp3) is 0.936. The Kier molecular flexibility index (Phi) is 36.1. The largest absolute Gasteiger partial charge is 0.394 e. The van der Waals surface area contributed by atoms with E-state index >= 15 is 0 Å². The molecule has 1 heterocycles. The van der Waals surface area contributed by atoms with E-state index in [-0.39, 0.29) is 12.5 Å². The van der Waals surface area contributed by atoms with Crippen LogP contribution < -0.4 is 5.32 Å². The van der Waals surface area contributed by atoms with Crippen molar-refractivity contribution >= 4 is 5.91 Å². The van der Waals surface area contributed by atoms with Crippen LogP contribution in [-0.4, -0.2) is 87.5 Å². The monoisotopic (exact) mass is 798 g/mol. The van der Waals surface area contributed by atoms with Crippen molar-refractivity contribution in [3.8, 4) is 0 Å². The van der Waals surface area contributed by atoms with Crippen LogP contribution in [0.1, 0.15) is 226 Å². The summed E-state index contributed by atoms with van der Waals surface area (Å²) in [5.74, 6) is -0.151. The number of allylic oxidation sites excluding steroid dienone is 2. The Morgan fingerprint density at radius 1 is 0.589 bits per heavy atom. The van der Waals surface area contributed by atoms with Gasteiger partial charge in [0.25, 0.3) is 0 Å². The lowest BCUT2D eigenvalue weighted by molar-refractivity contribution is -0.302. The predicted molar refractivity (Wildman–Crippen MR) is 231 cm³/mol. The van der Waals surface area contributed by atoms with Gasteiger partial charge in [0.15, 0.2) is 6.29 Å². The van der Waals surface area contributed by atoms with Crippen molar-refractivity contribution in [3.63, 3.8) is 0 Å². The Morgan fingerprint density at radius 3 is 1.45 bits per heavy atom. The molecule has 1 aliphatic rings. The molecule has 0 radical (unpaired) electrons. The second-order valence-electron chi connectivity index (χ2n) is 16.9. The van der Waals surface area contributed by atoms with Gasteiger partial charge in [0.1, 0.15) is 24.4 Å². The second kappa shape index (κ2) is 38.2. The first-order valence-electron chi connectivity index (χ1n) is 23.9. The van der Waals surface area contributed by atoms with Gasteiger partial charge in [-0.2, -0.15) is 0 Å². The molecule has 1 aliphatic heterocycles. The van der Waals surface area contributed by atoms with Crippen molar-refractivity contribution in [2.75, 3.05) is 13.2 Å². The zero-order valence-electron chi connectivity index (χ0n) is 36.4. The molecular weight excluding hydrogens is 707 g/mol. The molecule has 0 bridgehead atoms. The first kappa shape index (κ1) is 52.9. The van der Waals surface area contributed by atoms with Crippen LogP contribution in [0.3, 0.4) is 0 Å². The summed E-state index contributed by atoms with van der Waals surface area (Å²) in [5, 5.41) is 54.2. The average molecular weight is 798 g/mol. The summed E-state index contributed by atoms with van der Waals surface area (Å²) in [6, 6.07) is -0.728. The minimum absolute atomic E-state index is 0.146. The SMILES string of the molecule is CCCCCCC/C=C/CCCC[C@@H](O)[C@H](CO[C@H]1O[C@@H](CO)[C@H](O)C(O)C1O)NC(=O)CCCCCCCCCCCCCCCCCCCCCCCC. The number of nitrogens with one attached hydrogen (secondary N) is 1. The second-order valence-corrected chi connectivity index (χ2v) is 16.9. The predicted octanol–water partition coefficient (Wildman–Crippen LogP) is 10.1. The number of unbranched alkanes of at least 4 members (excludes halogenated alkanes) is 28. The van der Waals surface area contributed by atoms with Gasteiger partial charge in [-0.15, -0.1) is 0 Å². The molecule has 0 aliphatic carbocycles. The Labute approximate surface area is 344 Å². The highest BCUT2D eigenvalue weighted by atomic mass is 16.7. The number of aliphatic hydroxyl groups is 5. The van der Waals surface area contributed by atoms with Gasteiger partial charge in [-0.25, -0.2) is 0 Å². The molecule has 332 valence electrons. The van der Waals surface area contributed by atoms with Gasteiger partial charge >= 0.3 is 0 Å². The number of carbonyl (C=O) groups is 1. The molecule has 7 atom stereocenters. The number of hydrogen-bond acceptors (Lipinski definition) is 8. The van der Waals surface area contributed by atoms with Crippen LogP contribution in [0.2, 0.25) is 0 Å². The molecule has 1 saturated heterocycles. The third kappa shape index (κ3) is 28.4. The molecule has 0 saturated carbocycles. The number of carbonyl (C=O) groups excluding carboxylic acids is 1. The van der Waals surface area contributed by atoms with E-state index in [1.54, 1.807) is 0 Å². The van der Waals surface area contributed by atoms with E-state index in [4.69, 9.17) is 9.47 Å². The van der Waals surface area contributed by atoms with E-state index in [2.05, 4.69) is 31.3 Å². The summed E-state index contributed by atoms with van der Waals surface area (Å²) < 4.78 is 11.2. The van der Waals surface area contributed by atoms with Crippen molar-refractivity contribution < 1.29 is 39.8 Å². The third-order valence-corrected chi connectivity index (χ3v) is 11.6. The average Bonchev–Trinajstić information content (AvgIpc) is 3.20. The molecule has 9 nitrogen and oxygen atoms in total. The van der Waals surface area contributed by atoms with E-state index < -0.39 is 49.5 Å². The maximum Gasteiger partial charge on any atom is 0.220 e. The summed E-state index contributed by atoms with van der Waals surface area (Å²) >= 11 is 0. The zero-order chi connectivity index (χ0) is 40.9. The molecule has 0 aromatic rings. The number of rotatable bonds is 40. The summed E-state index contributed by atoms with van der Waals surface area (Å²) in [6.45, 7) is 3.81. The Balaban J connectivity index is 2.24. The van der Waals surface area contributed by atoms with Crippen LogP contribution in [0.5, 0.6) is 0 Å². The van der Waals surface area contributed by atoms with E-state index in [1.165, 1.54) is 154 Å². The topological polar surface area (TPSA) is 149 Å². The molecular formula is C47H91NO8. The molecule has 1 rings (SSSR count). The number of aliphatic hydroxyl groups excluding tert-OH is 5. The Hall–Kier alpha value is -1.07. The van der Waals surface area contributed by atoms with E-state index in [0.717, 1.165) is 44.9 Å². The lowest BCUT2D eigenvalue weighted by Gasteiger charge is -2.40. The minimum Gasteiger partial charge on any atom is -0.394 e. The van der Waals surface area contributed by atoms with Gasteiger partial charge in [-0.1, -0.05) is 193 Å². The van der Waals surface area contributed by atoms with Gasteiger partial charge < -0.3 is 40.3 Å². The van der Waals surface area contributed by atoms with Crippen LogP contribution in [0.25, 0.3) is 0 Å². The highest BCUT2D eigenvalue weighted by molar-refractivity contribution is 5.76. The molecule has 9 heteroatoms. The summed E-state index contributed by atoms with van der Waals surface area (Å²) in [6.07, 6.45) is 36.6. The normalized spacial score (nSPS) is 21.2. The van der Waals surface area contributed by atoms with E-state index in [0.29, 0.717) is 12.8 Å². The molecule has 6 N–H and O–H groups in total. The van der Waals surface area contributed by atoms with E-state index in [1.807, 2.05) is 0 Å². The van der Waals surface area contributed by atoms with Crippen molar-refractivity contribution in [2.24, 2.45) is 0 Å². The van der Waals surface area contributed by atoms with E-state index in [9.17, 15) is 30.3 Å². The molecule has 0 aromatic carbocycles. The van der Waals surface area contributed by atoms with Gasteiger partial charge in [0, 0.05) is 6.42 Å². The zero-order valence-corrected chi connectivity index (χ0v) is 36.4. The standard InChI is InChI=1S/C47H91NO8/c1-3-5-7-9-11-13-15-16-17-18-19-20-21-22-23-24-25-27-29-31-33-35-37-43(51)48-40(39-55-47-46(54)45(53)44(52)42(38-49)56-47)41(50)36-34-32-30-28-26-14-12-10-8-6-4-2/h26,28,40-42,44-47,49-50,52-54H,3-25,27,29-39H2,1-2H3,(H,48,51)/b28-26+/t40-,41+,42-,44-,45?,46?,47-/m0/s1. The Bertz CT molecular complexity index is 888. The van der Waals surface area contributed by atoms with Crippen molar-refractivity contribution in [1.82, 2.24) is 5.32 Å². The van der Waals surface area contributed by atoms with Crippen LogP contribution in [0, 0.1) is 0 Å². The van der Waals surface area contributed by atoms with Crippen LogP contribution in [-0.2, 0) is 14.3 Å². The van der Waals surface area contributed by atoms with Crippen molar-refractivity contribution in [1.29, 1.82) is 0 Å². The molecule has 0 spiro atoms. The smallest absolute Gasteiger partial charge is 0.220 e. The molecule has 1 fully saturated rings. The fourth-order valence-electron chi connectivity index (χ4n) is 7.74. The first-order valence-corrected chi connectivity index (χ1v) is 23.9. The molecule has 2 unspecified atom stereocenters. The summed E-state index contributed by atoms with van der Waals surface area (Å²) in [5.41, 5.74) is 0. The molecule has 56 heavy (non-hydrogen) atoms. The highest BCUT2D eigenvalue weighted by Crippen LogP contribution is 2.23. The summed E-state index contributed by atoms with van der Waals surface area (Å²) in [7, 11) is 0. The van der Waals surface area contributed by atoms with Gasteiger partial charge in [0.2, 0.25) is 5.91 Å². The van der Waals surface area contributed by atoms with Crippen molar-refractivity contribution in [3.05, 3.63) is 12.2 Å². The maximum atomic E-state index is 13.0. The summed E-state index contributed by atoms with van der Waals surface area (Å²) in [4.78, 5) is 13.0. The van der Waals surface area contributed by atoms with Gasteiger partial charge in [-0.05, 0) is 38.5 Å². The third-order valence-electron chi connectivity index (χ3n) is 11.6. The van der Waals surface area contributed by atoms with Gasteiger partial charge in [0.05, 0.1) is 25.4 Å².